The first-order valence-corrected chi connectivity index (χ1v) is 16.7. The second-order valence-corrected chi connectivity index (χ2v) is 12.9. The van der Waals surface area contributed by atoms with Crippen LogP contribution in [0.25, 0.3) is 0 Å². The number of anilines is 1. The summed E-state index contributed by atoms with van der Waals surface area (Å²) in [6, 6.07) is 19.3. The van der Waals surface area contributed by atoms with Gasteiger partial charge < -0.3 is 24.4 Å². The van der Waals surface area contributed by atoms with E-state index in [1.807, 2.05) is 19.1 Å². The van der Waals surface area contributed by atoms with Crippen LogP contribution < -0.4 is 23.8 Å². The van der Waals surface area contributed by atoms with Crippen LogP contribution in [0, 0.1) is 0 Å². The molecule has 0 heterocycles. The van der Waals surface area contributed by atoms with E-state index in [2.05, 4.69) is 5.32 Å². The molecule has 3 aromatic rings. The first-order chi connectivity index (χ1) is 21.7. The van der Waals surface area contributed by atoms with Gasteiger partial charge in [0.25, 0.3) is 10.0 Å². The van der Waals surface area contributed by atoms with E-state index < -0.39 is 28.5 Å². The van der Waals surface area contributed by atoms with Crippen molar-refractivity contribution in [1.29, 1.82) is 0 Å². The van der Waals surface area contributed by atoms with Crippen LogP contribution in [0.4, 0.5) is 5.69 Å². The van der Waals surface area contributed by atoms with E-state index in [1.54, 1.807) is 49.6 Å². The van der Waals surface area contributed by atoms with Crippen molar-refractivity contribution in [2.24, 2.45) is 0 Å². The Hall–Kier alpha value is -4.25. The van der Waals surface area contributed by atoms with E-state index in [4.69, 9.17) is 14.2 Å². The first kappa shape index (κ1) is 33.6. The van der Waals surface area contributed by atoms with Gasteiger partial charge in [0.15, 0.2) is 11.5 Å². The zero-order valence-corrected chi connectivity index (χ0v) is 27.2. The van der Waals surface area contributed by atoms with Gasteiger partial charge in [0.1, 0.15) is 18.3 Å². The van der Waals surface area contributed by atoms with Gasteiger partial charge in [-0.05, 0) is 61.2 Å². The minimum absolute atomic E-state index is 0.0559. The molecule has 0 bridgehead atoms. The van der Waals surface area contributed by atoms with Crippen molar-refractivity contribution in [2.45, 2.75) is 69.0 Å². The molecule has 45 heavy (non-hydrogen) atoms. The average molecular weight is 638 g/mol. The fourth-order valence-corrected chi connectivity index (χ4v) is 7.09. The molecule has 1 aliphatic carbocycles. The number of nitrogens with zero attached hydrogens (tertiary/aromatic N) is 2. The van der Waals surface area contributed by atoms with Gasteiger partial charge in [0.2, 0.25) is 11.8 Å². The van der Waals surface area contributed by atoms with Crippen LogP contribution in [0.5, 0.6) is 17.2 Å². The number of hydrogen-bond acceptors (Lipinski definition) is 7. The van der Waals surface area contributed by atoms with E-state index in [0.717, 1.165) is 42.0 Å². The number of rotatable bonds is 14. The predicted octanol–water partition coefficient (Wildman–Crippen LogP) is 5.16. The van der Waals surface area contributed by atoms with Gasteiger partial charge in [-0.1, -0.05) is 56.5 Å². The van der Waals surface area contributed by atoms with Crippen molar-refractivity contribution in [2.75, 3.05) is 32.2 Å². The Bertz CT molecular complexity index is 1540. The van der Waals surface area contributed by atoms with Gasteiger partial charge in [-0.3, -0.25) is 13.9 Å². The fraction of sp³-hybridized carbons (Fsp3) is 0.412. The number of sulfonamides is 1. The monoisotopic (exact) mass is 637 g/mol. The summed E-state index contributed by atoms with van der Waals surface area (Å²) < 4.78 is 45.5. The van der Waals surface area contributed by atoms with Crippen molar-refractivity contribution >= 4 is 27.5 Å². The molecule has 2 amide bonds. The number of para-hydroxylation sites is 1. The molecule has 1 N–H and O–H groups in total. The molecular formula is C34H43N3O7S. The van der Waals surface area contributed by atoms with Crippen LogP contribution >= 0.6 is 0 Å². The standard InChI is InChI=1S/C34H43N3O7S/c1-5-30(34(39)35-26-14-8-6-9-15-26)36(23-25-13-12-18-28(21-25)42-2)33(38)24-37(27-16-10-7-11-17-27)45(40,41)29-19-20-31(43-3)32(22-29)44-4/h7,10-13,16-22,26,30H,5-6,8-9,14-15,23-24H2,1-4H3,(H,35,39)/t30-/m1/s1. The van der Waals surface area contributed by atoms with Crippen LogP contribution in [-0.2, 0) is 26.2 Å². The molecular weight excluding hydrogens is 594 g/mol. The molecule has 1 atom stereocenters. The molecule has 0 aromatic heterocycles. The lowest BCUT2D eigenvalue weighted by Crippen LogP contribution is -2.54. The molecule has 1 aliphatic rings. The highest BCUT2D eigenvalue weighted by molar-refractivity contribution is 7.92. The van der Waals surface area contributed by atoms with Crippen molar-refractivity contribution in [3.63, 3.8) is 0 Å². The number of carbonyl (C=O) groups is 2. The maximum absolute atomic E-state index is 14.3. The molecule has 4 rings (SSSR count). The number of ether oxygens (including phenoxy) is 3. The SMILES string of the molecule is CC[C@H](C(=O)NC1CCCCC1)N(Cc1cccc(OC)c1)C(=O)CN(c1ccccc1)S(=O)(=O)c1ccc(OC)c(OC)c1. The number of benzene rings is 3. The molecule has 242 valence electrons. The van der Waals surface area contributed by atoms with E-state index in [1.165, 1.54) is 37.3 Å². The van der Waals surface area contributed by atoms with E-state index >= 15 is 0 Å². The Morgan fingerprint density at radius 2 is 1.58 bits per heavy atom. The Morgan fingerprint density at radius 1 is 0.867 bits per heavy atom. The Balaban J connectivity index is 1.72. The molecule has 1 fully saturated rings. The molecule has 11 heteroatoms. The number of methoxy groups -OCH3 is 3. The van der Waals surface area contributed by atoms with Gasteiger partial charge >= 0.3 is 0 Å². The summed E-state index contributed by atoms with van der Waals surface area (Å²) in [5.74, 6) is 0.466. The van der Waals surface area contributed by atoms with Crippen molar-refractivity contribution in [1.82, 2.24) is 10.2 Å². The lowest BCUT2D eigenvalue weighted by Gasteiger charge is -2.34. The summed E-state index contributed by atoms with van der Waals surface area (Å²) in [4.78, 5) is 29.5. The summed E-state index contributed by atoms with van der Waals surface area (Å²) in [5, 5.41) is 3.16. The number of carbonyl (C=O) groups excluding carboxylic acids is 2. The summed E-state index contributed by atoms with van der Waals surface area (Å²) >= 11 is 0. The topological polar surface area (TPSA) is 114 Å². The molecule has 0 spiro atoms. The summed E-state index contributed by atoms with van der Waals surface area (Å²) in [6.45, 7) is 1.41. The first-order valence-electron chi connectivity index (χ1n) is 15.2. The number of nitrogens with one attached hydrogen (secondary N) is 1. The van der Waals surface area contributed by atoms with E-state index in [0.29, 0.717) is 23.6 Å². The van der Waals surface area contributed by atoms with Crippen molar-refractivity contribution < 1.29 is 32.2 Å². The normalized spacial score (nSPS) is 14.2. The highest BCUT2D eigenvalue weighted by atomic mass is 32.2. The van der Waals surface area contributed by atoms with Gasteiger partial charge in [-0.2, -0.15) is 0 Å². The highest BCUT2D eigenvalue weighted by Crippen LogP contribution is 2.32. The van der Waals surface area contributed by atoms with Crippen molar-refractivity contribution in [3.05, 3.63) is 78.4 Å². The second-order valence-electron chi connectivity index (χ2n) is 11.0. The van der Waals surface area contributed by atoms with Crippen LogP contribution in [-0.4, -0.2) is 65.1 Å². The zero-order valence-electron chi connectivity index (χ0n) is 26.4. The molecule has 0 aliphatic heterocycles. The minimum Gasteiger partial charge on any atom is -0.497 e. The molecule has 3 aromatic carbocycles. The van der Waals surface area contributed by atoms with E-state index in [-0.39, 0.29) is 29.1 Å². The zero-order chi connectivity index (χ0) is 32.4. The Labute approximate surface area is 266 Å². The van der Waals surface area contributed by atoms with Crippen molar-refractivity contribution in [3.8, 4) is 17.2 Å². The molecule has 10 nitrogen and oxygen atoms in total. The Morgan fingerprint density at radius 3 is 2.22 bits per heavy atom. The van der Waals surface area contributed by atoms with Crippen LogP contribution in [0.1, 0.15) is 51.0 Å². The molecule has 0 radical (unpaired) electrons. The Kier molecular flexibility index (Phi) is 11.7. The summed E-state index contributed by atoms with van der Waals surface area (Å²) in [6.07, 6.45) is 5.40. The summed E-state index contributed by atoms with van der Waals surface area (Å²) in [7, 11) is 0.179. The maximum Gasteiger partial charge on any atom is 0.264 e. The highest BCUT2D eigenvalue weighted by Gasteiger charge is 2.34. The lowest BCUT2D eigenvalue weighted by atomic mass is 9.95. The third-order valence-corrected chi connectivity index (χ3v) is 9.86. The minimum atomic E-state index is -4.27. The second kappa shape index (κ2) is 15.7. The lowest BCUT2D eigenvalue weighted by molar-refractivity contribution is -0.140. The van der Waals surface area contributed by atoms with Gasteiger partial charge in [-0.25, -0.2) is 8.42 Å². The third-order valence-electron chi connectivity index (χ3n) is 8.09. The molecule has 0 saturated heterocycles. The molecule has 0 unspecified atom stereocenters. The van der Waals surface area contributed by atoms with Gasteiger partial charge in [-0.15, -0.1) is 0 Å². The fourth-order valence-electron chi connectivity index (χ4n) is 5.66. The number of amides is 2. The largest absolute Gasteiger partial charge is 0.497 e. The van der Waals surface area contributed by atoms with Gasteiger partial charge in [0.05, 0.1) is 31.9 Å². The third kappa shape index (κ3) is 8.27. The maximum atomic E-state index is 14.3. The summed E-state index contributed by atoms with van der Waals surface area (Å²) in [5.41, 5.74) is 1.06. The quantitative estimate of drug-likeness (QED) is 0.260. The van der Waals surface area contributed by atoms with Crippen LogP contribution in [0.15, 0.2) is 77.7 Å². The number of hydrogen-bond donors (Lipinski definition) is 1. The van der Waals surface area contributed by atoms with Crippen LogP contribution in [0.3, 0.4) is 0 Å². The van der Waals surface area contributed by atoms with E-state index in [9.17, 15) is 18.0 Å². The van der Waals surface area contributed by atoms with Gasteiger partial charge in [0, 0.05) is 18.7 Å². The predicted molar refractivity (Wildman–Crippen MR) is 173 cm³/mol. The smallest absolute Gasteiger partial charge is 0.264 e. The van der Waals surface area contributed by atoms with Crippen LogP contribution in [0.2, 0.25) is 0 Å². The average Bonchev–Trinajstić information content (AvgIpc) is 3.07. The molecule has 1 saturated carbocycles.